The van der Waals surface area contributed by atoms with E-state index < -0.39 is 5.97 Å². The van der Waals surface area contributed by atoms with Gasteiger partial charge in [-0.05, 0) is 66.1 Å². The maximum Gasteiger partial charge on any atom is 0.336 e. The van der Waals surface area contributed by atoms with Crippen molar-refractivity contribution in [1.29, 1.82) is 0 Å². The van der Waals surface area contributed by atoms with Gasteiger partial charge in [-0.1, -0.05) is 81.9 Å². The lowest BCUT2D eigenvalue weighted by molar-refractivity contribution is -0.110. The van der Waals surface area contributed by atoms with Crippen molar-refractivity contribution in [2.24, 2.45) is 5.92 Å². The predicted molar refractivity (Wildman–Crippen MR) is 175 cm³/mol. The normalized spacial score (nSPS) is 12.0. The van der Waals surface area contributed by atoms with Crippen LogP contribution in [0.2, 0.25) is 0 Å². The molecule has 1 heterocycles. The summed E-state index contributed by atoms with van der Waals surface area (Å²) < 4.78 is 2.18. The van der Waals surface area contributed by atoms with Gasteiger partial charge >= 0.3 is 5.97 Å². The number of aromatic carboxylic acids is 1. The molecule has 1 unspecified atom stereocenters. The van der Waals surface area contributed by atoms with Gasteiger partial charge in [-0.15, -0.1) is 0 Å². The standard InChI is InChI=1S/C35H41N3O4S/c1-6-10-31-37-33-23(5)18-26(34(40)36-27(17-22(3)4)21-43-32(39)7-2)19-30(33)38(31)20-24-13-15-25(16-14-24)28-11-8-9-12-29(28)35(41)42/h8-9,11-16,18-19,22,27H,6-7,10,17,20-21H2,1-5H3,(H,36,40)(H,41,42). The molecule has 2 N–H and O–H groups in total. The first-order valence-corrected chi connectivity index (χ1v) is 16.0. The molecule has 1 atom stereocenters. The Morgan fingerprint density at radius 1 is 1.02 bits per heavy atom. The Morgan fingerprint density at radius 2 is 1.74 bits per heavy atom. The molecule has 0 spiro atoms. The molecule has 0 aliphatic carbocycles. The van der Waals surface area contributed by atoms with E-state index in [4.69, 9.17) is 4.98 Å². The molecule has 43 heavy (non-hydrogen) atoms. The molecular weight excluding hydrogens is 558 g/mol. The summed E-state index contributed by atoms with van der Waals surface area (Å²) in [5.41, 5.74) is 6.16. The third kappa shape index (κ3) is 7.93. The van der Waals surface area contributed by atoms with Crippen LogP contribution in [0.15, 0.2) is 60.7 Å². The molecule has 1 amide bonds. The molecular formula is C35H41N3O4S. The van der Waals surface area contributed by atoms with Gasteiger partial charge in [0.2, 0.25) is 0 Å². The van der Waals surface area contributed by atoms with Gasteiger partial charge in [0.1, 0.15) is 5.82 Å². The van der Waals surface area contributed by atoms with Gasteiger partial charge in [0, 0.05) is 36.7 Å². The van der Waals surface area contributed by atoms with Crippen LogP contribution in [0.4, 0.5) is 0 Å². The highest BCUT2D eigenvalue weighted by Gasteiger charge is 2.20. The number of imidazole rings is 1. The summed E-state index contributed by atoms with van der Waals surface area (Å²) in [5, 5.41) is 12.9. The molecule has 0 fully saturated rings. The van der Waals surface area contributed by atoms with Gasteiger partial charge in [0.15, 0.2) is 5.12 Å². The number of fused-ring (bicyclic) bond motifs is 1. The van der Waals surface area contributed by atoms with Crippen LogP contribution >= 0.6 is 11.8 Å². The molecule has 0 saturated heterocycles. The third-order valence-corrected chi connectivity index (χ3v) is 8.63. The van der Waals surface area contributed by atoms with E-state index in [1.54, 1.807) is 12.1 Å². The van der Waals surface area contributed by atoms with Crippen molar-refractivity contribution in [2.45, 2.75) is 72.9 Å². The van der Waals surface area contributed by atoms with E-state index in [-0.39, 0.29) is 22.6 Å². The number of rotatable bonds is 13. The van der Waals surface area contributed by atoms with Crippen LogP contribution in [0.5, 0.6) is 0 Å². The predicted octanol–water partition coefficient (Wildman–Crippen LogP) is 7.53. The number of hydrogen-bond donors (Lipinski definition) is 2. The van der Waals surface area contributed by atoms with Crippen molar-refractivity contribution in [3.05, 3.63) is 88.7 Å². The Hall–Kier alpha value is -3.91. The fraction of sp³-hybridized carbons (Fsp3) is 0.371. The first-order chi connectivity index (χ1) is 20.6. The number of carbonyl (C=O) groups is 3. The average molecular weight is 600 g/mol. The number of aryl methyl sites for hydroxylation is 2. The zero-order valence-corrected chi connectivity index (χ0v) is 26.5. The lowest BCUT2D eigenvalue weighted by atomic mass is 9.98. The Bertz CT molecular complexity index is 1610. The van der Waals surface area contributed by atoms with Crippen molar-refractivity contribution in [3.63, 3.8) is 0 Å². The molecule has 4 rings (SSSR count). The smallest absolute Gasteiger partial charge is 0.336 e. The highest BCUT2D eigenvalue weighted by Crippen LogP contribution is 2.27. The van der Waals surface area contributed by atoms with Crippen molar-refractivity contribution in [3.8, 4) is 11.1 Å². The molecule has 4 aromatic rings. The number of carboxylic acids is 1. The van der Waals surface area contributed by atoms with E-state index in [1.165, 1.54) is 11.8 Å². The summed E-state index contributed by atoms with van der Waals surface area (Å²) in [6.07, 6.45) is 3.01. The summed E-state index contributed by atoms with van der Waals surface area (Å²) >= 11 is 1.29. The minimum atomic E-state index is -0.951. The van der Waals surface area contributed by atoms with Gasteiger partial charge < -0.3 is 15.0 Å². The molecule has 0 saturated carbocycles. The van der Waals surface area contributed by atoms with Gasteiger partial charge in [-0.3, -0.25) is 9.59 Å². The van der Waals surface area contributed by atoms with Crippen molar-refractivity contribution < 1.29 is 19.5 Å². The lowest BCUT2D eigenvalue weighted by Gasteiger charge is -2.20. The summed E-state index contributed by atoms with van der Waals surface area (Å²) in [4.78, 5) is 42.2. The van der Waals surface area contributed by atoms with Crippen LogP contribution in [0.3, 0.4) is 0 Å². The topological polar surface area (TPSA) is 101 Å². The van der Waals surface area contributed by atoms with Crippen LogP contribution in [0.25, 0.3) is 22.2 Å². The van der Waals surface area contributed by atoms with Crippen molar-refractivity contribution in [2.75, 3.05) is 5.75 Å². The Kier molecular flexibility index (Phi) is 10.8. The Morgan fingerprint density at radius 3 is 2.40 bits per heavy atom. The largest absolute Gasteiger partial charge is 0.478 e. The zero-order chi connectivity index (χ0) is 31.1. The number of benzene rings is 3. The monoisotopic (exact) mass is 599 g/mol. The number of amides is 1. The quantitative estimate of drug-likeness (QED) is 0.165. The highest BCUT2D eigenvalue weighted by atomic mass is 32.2. The number of nitrogens with zero attached hydrogens (tertiary/aromatic N) is 2. The number of aromatic nitrogens is 2. The second-order valence-electron chi connectivity index (χ2n) is 11.4. The van der Waals surface area contributed by atoms with Crippen molar-refractivity contribution in [1.82, 2.24) is 14.9 Å². The van der Waals surface area contributed by atoms with E-state index in [0.717, 1.165) is 52.8 Å². The summed E-state index contributed by atoms with van der Waals surface area (Å²) in [7, 11) is 0. The molecule has 3 aromatic carbocycles. The first kappa shape index (κ1) is 32.0. The summed E-state index contributed by atoms with van der Waals surface area (Å²) in [5.74, 6) is 0.808. The van der Waals surface area contributed by atoms with Gasteiger partial charge in [-0.2, -0.15) is 0 Å². The van der Waals surface area contributed by atoms with E-state index in [0.29, 0.717) is 35.8 Å². The summed E-state index contributed by atoms with van der Waals surface area (Å²) in [6, 6.07) is 18.7. The number of thioether (sulfide) groups is 1. The van der Waals surface area contributed by atoms with Crippen LogP contribution in [-0.4, -0.2) is 43.4 Å². The Balaban J connectivity index is 1.64. The van der Waals surface area contributed by atoms with Crippen LogP contribution < -0.4 is 5.32 Å². The SMILES string of the molecule is CCCc1nc2c(C)cc(C(=O)NC(CSC(=O)CC)CC(C)C)cc2n1Cc1ccc(-c2ccccc2C(=O)O)cc1. The Labute approximate surface area is 258 Å². The van der Waals surface area contributed by atoms with Crippen LogP contribution in [0.1, 0.15) is 84.6 Å². The number of carboxylic acid groups (broad SMARTS) is 1. The highest BCUT2D eigenvalue weighted by molar-refractivity contribution is 8.13. The molecule has 1 aromatic heterocycles. The zero-order valence-electron chi connectivity index (χ0n) is 25.6. The van der Waals surface area contributed by atoms with Gasteiger partial charge in [0.25, 0.3) is 5.91 Å². The van der Waals surface area contributed by atoms with Crippen molar-refractivity contribution >= 4 is 39.8 Å². The number of nitrogens with one attached hydrogen (secondary N) is 1. The third-order valence-electron chi connectivity index (χ3n) is 7.45. The molecule has 226 valence electrons. The molecule has 8 heteroatoms. The van der Waals surface area contributed by atoms with E-state index in [9.17, 15) is 19.5 Å². The van der Waals surface area contributed by atoms with Gasteiger partial charge in [0.05, 0.1) is 16.6 Å². The molecule has 0 aliphatic heterocycles. The molecule has 7 nitrogen and oxygen atoms in total. The van der Waals surface area contributed by atoms with E-state index >= 15 is 0 Å². The second kappa shape index (κ2) is 14.5. The fourth-order valence-electron chi connectivity index (χ4n) is 5.36. The molecule has 0 bridgehead atoms. The van der Waals surface area contributed by atoms with Gasteiger partial charge in [-0.25, -0.2) is 9.78 Å². The fourth-order valence-corrected chi connectivity index (χ4v) is 6.17. The maximum atomic E-state index is 13.5. The molecule has 0 aliphatic rings. The second-order valence-corrected chi connectivity index (χ2v) is 12.5. The maximum absolute atomic E-state index is 13.5. The first-order valence-electron chi connectivity index (χ1n) is 15.0. The van der Waals surface area contributed by atoms with E-state index in [2.05, 4.69) is 30.7 Å². The lowest BCUT2D eigenvalue weighted by Crippen LogP contribution is -2.38. The van der Waals surface area contributed by atoms with Crippen LogP contribution in [0, 0.1) is 12.8 Å². The average Bonchev–Trinajstić information content (AvgIpc) is 3.33. The minimum Gasteiger partial charge on any atom is -0.478 e. The molecule has 0 radical (unpaired) electrons. The number of carbonyl (C=O) groups excluding carboxylic acids is 2. The summed E-state index contributed by atoms with van der Waals surface area (Å²) in [6.45, 7) is 10.8. The van der Waals surface area contributed by atoms with Crippen LogP contribution in [-0.2, 0) is 17.8 Å². The number of hydrogen-bond acceptors (Lipinski definition) is 5. The van der Waals surface area contributed by atoms with E-state index in [1.807, 2.05) is 62.4 Å². The minimum absolute atomic E-state index is 0.102.